The summed E-state index contributed by atoms with van der Waals surface area (Å²) in [5.74, 6) is -0.413. The first-order valence-electron chi connectivity index (χ1n) is 6.84. The predicted octanol–water partition coefficient (Wildman–Crippen LogP) is 3.57. The minimum Gasteiger partial charge on any atom is -0.350 e. The van der Waals surface area contributed by atoms with Crippen molar-refractivity contribution in [2.24, 2.45) is 0 Å². The maximum atomic E-state index is 12.8. The molecule has 0 fully saturated rings. The van der Waals surface area contributed by atoms with Crippen molar-refractivity contribution >= 4 is 50.7 Å². The highest BCUT2D eigenvalue weighted by atomic mass is 35.5. The van der Waals surface area contributed by atoms with Crippen molar-refractivity contribution in [3.8, 4) is 0 Å². The molecule has 0 aliphatic carbocycles. The molecule has 0 unspecified atom stereocenters. The van der Waals surface area contributed by atoms with Crippen LogP contribution < -0.4 is 5.32 Å². The fourth-order valence-electron chi connectivity index (χ4n) is 1.89. The summed E-state index contributed by atoms with van der Waals surface area (Å²) in [5.41, 5.74) is -0.462. The van der Waals surface area contributed by atoms with E-state index in [1.165, 1.54) is 12.1 Å². The van der Waals surface area contributed by atoms with E-state index in [-0.39, 0.29) is 33.1 Å². The normalized spacial score (nSPS) is 12.5. The molecule has 0 saturated heterocycles. The third kappa shape index (κ3) is 5.50. The van der Waals surface area contributed by atoms with Crippen LogP contribution in [0.5, 0.6) is 0 Å². The van der Waals surface area contributed by atoms with E-state index >= 15 is 0 Å². The largest absolute Gasteiger partial charge is 0.350 e. The van der Waals surface area contributed by atoms with Gasteiger partial charge in [0.25, 0.3) is 0 Å². The highest BCUT2D eigenvalue weighted by molar-refractivity contribution is 7.89. The number of carbonyl (C=O) groups excluding carboxylic acids is 1. The summed E-state index contributed by atoms with van der Waals surface area (Å²) in [7, 11) is -4.03. The van der Waals surface area contributed by atoms with E-state index in [1.54, 1.807) is 6.92 Å². The SMILES string of the molecule is CCN(CC(=O)NC(C)(C)C)S(=O)(=O)c1c(Cl)cc(Cl)cc1Cl. The summed E-state index contributed by atoms with van der Waals surface area (Å²) < 4.78 is 26.5. The number of hydrogen-bond acceptors (Lipinski definition) is 3. The van der Waals surface area contributed by atoms with E-state index in [2.05, 4.69) is 5.32 Å². The Morgan fingerprint density at radius 2 is 1.65 bits per heavy atom. The lowest BCUT2D eigenvalue weighted by Crippen LogP contribution is -2.47. The van der Waals surface area contributed by atoms with Gasteiger partial charge in [-0.15, -0.1) is 0 Å². The molecule has 0 aliphatic rings. The van der Waals surface area contributed by atoms with Gasteiger partial charge in [0.05, 0.1) is 16.6 Å². The minimum absolute atomic E-state index is 0.0859. The van der Waals surface area contributed by atoms with Crippen LogP contribution in [0, 0.1) is 0 Å². The lowest BCUT2D eigenvalue weighted by Gasteiger charge is -2.25. The van der Waals surface area contributed by atoms with Gasteiger partial charge >= 0.3 is 0 Å². The molecule has 5 nitrogen and oxygen atoms in total. The van der Waals surface area contributed by atoms with Crippen molar-refractivity contribution in [3.63, 3.8) is 0 Å². The molecule has 130 valence electrons. The van der Waals surface area contributed by atoms with E-state index in [0.29, 0.717) is 0 Å². The molecule has 0 spiro atoms. The second-order valence-corrected chi connectivity index (χ2v) is 9.05. The molecule has 1 rings (SSSR count). The van der Waals surface area contributed by atoms with Gasteiger partial charge in [-0.1, -0.05) is 41.7 Å². The van der Waals surface area contributed by atoms with Gasteiger partial charge in [-0.3, -0.25) is 4.79 Å². The van der Waals surface area contributed by atoms with E-state index in [9.17, 15) is 13.2 Å². The molecule has 0 radical (unpaired) electrons. The zero-order valence-corrected chi connectivity index (χ0v) is 16.4. The lowest BCUT2D eigenvalue weighted by atomic mass is 10.1. The van der Waals surface area contributed by atoms with Crippen LogP contribution >= 0.6 is 34.8 Å². The average molecular weight is 402 g/mol. The van der Waals surface area contributed by atoms with Crippen LogP contribution in [0.25, 0.3) is 0 Å². The van der Waals surface area contributed by atoms with E-state index < -0.39 is 21.5 Å². The standard InChI is InChI=1S/C14H19Cl3N2O3S/c1-5-19(8-12(20)18-14(2,3)4)23(21,22)13-10(16)6-9(15)7-11(13)17/h6-7H,5,8H2,1-4H3,(H,18,20). The van der Waals surface area contributed by atoms with Gasteiger partial charge in [-0.05, 0) is 32.9 Å². The van der Waals surface area contributed by atoms with Gasteiger partial charge in [-0.2, -0.15) is 4.31 Å². The van der Waals surface area contributed by atoms with Crippen LogP contribution in [0.1, 0.15) is 27.7 Å². The molecule has 1 aromatic rings. The maximum absolute atomic E-state index is 12.8. The Labute approximate surface area is 151 Å². The summed E-state index contributed by atoms with van der Waals surface area (Å²) in [6.45, 7) is 6.81. The van der Waals surface area contributed by atoms with Gasteiger partial charge in [0.2, 0.25) is 15.9 Å². The zero-order chi connectivity index (χ0) is 18.0. The average Bonchev–Trinajstić information content (AvgIpc) is 2.31. The first-order chi connectivity index (χ1) is 10.4. The first kappa shape index (κ1) is 20.5. The highest BCUT2D eigenvalue weighted by Crippen LogP contribution is 2.34. The Morgan fingerprint density at radius 1 is 1.17 bits per heavy atom. The molecule has 0 aliphatic heterocycles. The van der Waals surface area contributed by atoms with Gasteiger partial charge in [0, 0.05) is 17.1 Å². The number of hydrogen-bond donors (Lipinski definition) is 1. The molecule has 1 aromatic carbocycles. The number of nitrogens with one attached hydrogen (secondary N) is 1. The number of rotatable bonds is 5. The Bertz CT molecular complexity index is 677. The molecule has 0 saturated carbocycles. The van der Waals surface area contributed by atoms with Crippen LogP contribution in [0.2, 0.25) is 15.1 Å². The van der Waals surface area contributed by atoms with Crippen LogP contribution in [-0.4, -0.2) is 37.3 Å². The van der Waals surface area contributed by atoms with Crippen LogP contribution in [0.3, 0.4) is 0 Å². The number of carbonyl (C=O) groups is 1. The van der Waals surface area contributed by atoms with Crippen molar-refractivity contribution in [1.29, 1.82) is 0 Å². The fraction of sp³-hybridized carbons (Fsp3) is 0.500. The van der Waals surface area contributed by atoms with Gasteiger partial charge in [0.1, 0.15) is 4.90 Å². The number of benzene rings is 1. The molecular formula is C14H19Cl3N2O3S. The molecule has 0 aromatic heterocycles. The van der Waals surface area contributed by atoms with Crippen LogP contribution in [-0.2, 0) is 14.8 Å². The summed E-state index contributed by atoms with van der Waals surface area (Å²) in [6, 6.07) is 2.59. The minimum atomic E-state index is -4.03. The number of amides is 1. The number of sulfonamides is 1. The monoisotopic (exact) mass is 400 g/mol. The van der Waals surface area contributed by atoms with E-state index in [0.717, 1.165) is 4.31 Å². The Morgan fingerprint density at radius 3 is 2.04 bits per heavy atom. The summed E-state index contributed by atoms with van der Waals surface area (Å²) in [6.07, 6.45) is 0. The molecule has 23 heavy (non-hydrogen) atoms. The van der Waals surface area contributed by atoms with Crippen molar-refractivity contribution in [1.82, 2.24) is 9.62 Å². The highest BCUT2D eigenvalue weighted by Gasteiger charge is 2.30. The summed E-state index contributed by atoms with van der Waals surface area (Å²) >= 11 is 17.8. The maximum Gasteiger partial charge on any atom is 0.246 e. The second kappa shape index (κ2) is 7.57. The third-order valence-corrected chi connectivity index (χ3v) is 5.81. The number of halogens is 3. The van der Waals surface area contributed by atoms with Crippen molar-refractivity contribution in [2.75, 3.05) is 13.1 Å². The molecule has 1 amide bonds. The Kier molecular flexibility index (Phi) is 6.75. The van der Waals surface area contributed by atoms with Crippen LogP contribution in [0.4, 0.5) is 0 Å². The lowest BCUT2D eigenvalue weighted by molar-refractivity contribution is -0.122. The Hall–Kier alpha value is -0.530. The first-order valence-corrected chi connectivity index (χ1v) is 9.41. The Balaban J connectivity index is 3.17. The fourth-order valence-corrected chi connectivity index (χ4v) is 4.79. The van der Waals surface area contributed by atoms with E-state index in [1.807, 2.05) is 20.8 Å². The number of likely N-dealkylation sites (N-methyl/N-ethyl adjacent to an activating group) is 1. The zero-order valence-electron chi connectivity index (χ0n) is 13.3. The summed E-state index contributed by atoms with van der Waals surface area (Å²) in [4.78, 5) is 11.8. The smallest absolute Gasteiger partial charge is 0.246 e. The molecule has 0 heterocycles. The van der Waals surface area contributed by atoms with Gasteiger partial charge < -0.3 is 5.32 Å². The second-order valence-electron chi connectivity index (χ2n) is 5.93. The van der Waals surface area contributed by atoms with Gasteiger partial charge in [-0.25, -0.2) is 8.42 Å². The van der Waals surface area contributed by atoms with Crippen LogP contribution in [0.15, 0.2) is 17.0 Å². The van der Waals surface area contributed by atoms with Gasteiger partial charge in [0.15, 0.2) is 0 Å². The number of nitrogens with zero attached hydrogens (tertiary/aromatic N) is 1. The van der Waals surface area contributed by atoms with Crippen molar-refractivity contribution < 1.29 is 13.2 Å². The topological polar surface area (TPSA) is 66.5 Å². The summed E-state index contributed by atoms with van der Waals surface area (Å²) in [5, 5.41) is 2.77. The quantitative estimate of drug-likeness (QED) is 0.820. The predicted molar refractivity (Wildman–Crippen MR) is 93.8 cm³/mol. The molecule has 9 heteroatoms. The van der Waals surface area contributed by atoms with Crippen molar-refractivity contribution in [2.45, 2.75) is 38.1 Å². The third-order valence-electron chi connectivity index (χ3n) is 2.75. The molecule has 0 bridgehead atoms. The molecule has 1 N–H and O–H groups in total. The van der Waals surface area contributed by atoms with Crippen molar-refractivity contribution in [3.05, 3.63) is 27.2 Å². The molecule has 0 atom stereocenters. The van der Waals surface area contributed by atoms with E-state index in [4.69, 9.17) is 34.8 Å². The molecular weight excluding hydrogens is 383 g/mol.